The van der Waals surface area contributed by atoms with E-state index in [0.29, 0.717) is 11.6 Å². The van der Waals surface area contributed by atoms with Gasteiger partial charge in [0, 0.05) is 31.7 Å². The van der Waals surface area contributed by atoms with Crippen LogP contribution in [0.2, 0.25) is 0 Å². The maximum absolute atomic E-state index is 12.7. The summed E-state index contributed by atoms with van der Waals surface area (Å²) < 4.78 is 10.7. The quantitative estimate of drug-likeness (QED) is 0.828. The van der Waals surface area contributed by atoms with Gasteiger partial charge in [-0.15, -0.1) is 0 Å². The van der Waals surface area contributed by atoms with Crippen LogP contribution in [0.25, 0.3) is 0 Å². The van der Waals surface area contributed by atoms with Crippen LogP contribution < -0.4 is 5.32 Å². The van der Waals surface area contributed by atoms with Gasteiger partial charge in [-0.1, -0.05) is 0 Å². The SMILES string of the molecule is C[C@@H](NC1CCN(C(=O)c2ccoc2)CC1)[C@@H]1CCCCN1C(=O)OC(C)(C)C. The Morgan fingerprint density at radius 2 is 1.90 bits per heavy atom. The first kappa shape index (κ1) is 21.7. The number of furan rings is 1. The highest BCUT2D eigenvalue weighted by molar-refractivity contribution is 5.93. The largest absolute Gasteiger partial charge is 0.472 e. The molecule has 7 nitrogen and oxygen atoms in total. The van der Waals surface area contributed by atoms with Crippen LogP contribution in [0, 0.1) is 0 Å². The third kappa shape index (κ3) is 5.75. The molecule has 0 radical (unpaired) electrons. The average molecular weight is 406 g/mol. The molecule has 162 valence electrons. The summed E-state index contributed by atoms with van der Waals surface area (Å²) in [5, 5.41) is 3.72. The molecule has 0 aliphatic carbocycles. The zero-order valence-electron chi connectivity index (χ0n) is 18.1. The molecule has 3 rings (SSSR count). The first-order valence-electron chi connectivity index (χ1n) is 10.8. The van der Waals surface area contributed by atoms with Gasteiger partial charge in [0.1, 0.15) is 11.9 Å². The van der Waals surface area contributed by atoms with Crippen LogP contribution >= 0.6 is 0 Å². The van der Waals surface area contributed by atoms with Crippen molar-refractivity contribution in [2.75, 3.05) is 19.6 Å². The molecule has 7 heteroatoms. The van der Waals surface area contributed by atoms with Gasteiger partial charge >= 0.3 is 6.09 Å². The first-order valence-corrected chi connectivity index (χ1v) is 10.8. The zero-order chi connectivity index (χ0) is 21.0. The Balaban J connectivity index is 1.52. The third-order valence-electron chi connectivity index (χ3n) is 5.80. The molecule has 2 fully saturated rings. The molecule has 2 saturated heterocycles. The summed E-state index contributed by atoms with van der Waals surface area (Å²) in [7, 11) is 0. The van der Waals surface area contributed by atoms with Crippen molar-refractivity contribution < 1.29 is 18.7 Å². The second-order valence-corrected chi connectivity index (χ2v) is 9.27. The van der Waals surface area contributed by atoms with E-state index in [1.165, 1.54) is 12.5 Å². The number of ether oxygens (including phenoxy) is 1. The topological polar surface area (TPSA) is 75.0 Å². The van der Waals surface area contributed by atoms with Crippen LogP contribution in [-0.2, 0) is 4.74 Å². The fourth-order valence-electron chi connectivity index (χ4n) is 4.33. The van der Waals surface area contributed by atoms with E-state index in [4.69, 9.17) is 9.15 Å². The fourth-order valence-corrected chi connectivity index (χ4v) is 4.33. The summed E-state index contributed by atoms with van der Waals surface area (Å²) >= 11 is 0. The molecule has 2 aliphatic heterocycles. The van der Waals surface area contributed by atoms with Gasteiger partial charge in [-0.2, -0.15) is 0 Å². The Morgan fingerprint density at radius 3 is 2.52 bits per heavy atom. The monoisotopic (exact) mass is 405 g/mol. The van der Waals surface area contributed by atoms with Gasteiger partial charge in [0.25, 0.3) is 5.91 Å². The highest BCUT2D eigenvalue weighted by Crippen LogP contribution is 2.24. The minimum absolute atomic E-state index is 0.0358. The number of nitrogens with zero attached hydrogens (tertiary/aromatic N) is 2. The molecule has 29 heavy (non-hydrogen) atoms. The molecular weight excluding hydrogens is 370 g/mol. The number of rotatable bonds is 4. The molecule has 3 heterocycles. The fraction of sp³-hybridized carbons (Fsp3) is 0.727. The molecule has 0 spiro atoms. The van der Waals surface area contributed by atoms with E-state index in [9.17, 15) is 9.59 Å². The second-order valence-electron chi connectivity index (χ2n) is 9.27. The standard InChI is InChI=1S/C22H35N3O4/c1-16(19-7-5-6-11-25(19)21(27)29-22(2,3)4)23-18-8-12-24(13-9-18)20(26)17-10-14-28-15-17/h10,14-16,18-19,23H,5-9,11-13H2,1-4H3/t16-,19+/m1/s1. The highest BCUT2D eigenvalue weighted by atomic mass is 16.6. The summed E-state index contributed by atoms with van der Waals surface area (Å²) in [5.74, 6) is 0.0358. The number of piperidine rings is 2. The summed E-state index contributed by atoms with van der Waals surface area (Å²) in [5.41, 5.74) is 0.129. The van der Waals surface area contributed by atoms with E-state index >= 15 is 0 Å². The number of carbonyl (C=O) groups is 2. The Bertz CT molecular complexity index is 675. The van der Waals surface area contributed by atoms with E-state index in [2.05, 4.69) is 12.2 Å². The minimum atomic E-state index is -0.482. The van der Waals surface area contributed by atoms with Gasteiger partial charge in [0.05, 0.1) is 17.9 Å². The van der Waals surface area contributed by atoms with Crippen molar-refractivity contribution in [3.8, 4) is 0 Å². The molecule has 2 amide bonds. The molecule has 0 unspecified atom stereocenters. The lowest BCUT2D eigenvalue weighted by molar-refractivity contribution is 0.00446. The number of amides is 2. The molecule has 0 aromatic carbocycles. The lowest BCUT2D eigenvalue weighted by Crippen LogP contribution is -2.57. The third-order valence-corrected chi connectivity index (χ3v) is 5.80. The Kier molecular flexibility index (Phi) is 6.88. The van der Waals surface area contributed by atoms with Crippen LogP contribution in [0.4, 0.5) is 4.79 Å². The van der Waals surface area contributed by atoms with Crippen molar-refractivity contribution in [3.05, 3.63) is 24.2 Å². The van der Waals surface area contributed by atoms with Crippen molar-refractivity contribution in [1.29, 1.82) is 0 Å². The molecule has 2 atom stereocenters. The van der Waals surface area contributed by atoms with Crippen LogP contribution in [0.3, 0.4) is 0 Å². The van der Waals surface area contributed by atoms with E-state index in [0.717, 1.165) is 51.7 Å². The summed E-state index contributed by atoms with van der Waals surface area (Å²) in [4.78, 5) is 28.9. The van der Waals surface area contributed by atoms with E-state index < -0.39 is 5.60 Å². The molecule has 0 bridgehead atoms. The van der Waals surface area contributed by atoms with Crippen molar-refractivity contribution in [2.45, 2.75) is 83.5 Å². The number of likely N-dealkylation sites (tertiary alicyclic amines) is 2. The highest BCUT2D eigenvalue weighted by Gasteiger charge is 2.35. The van der Waals surface area contributed by atoms with Gasteiger partial charge in [0.15, 0.2) is 0 Å². The number of carbonyl (C=O) groups excluding carboxylic acids is 2. The minimum Gasteiger partial charge on any atom is -0.472 e. The number of nitrogens with one attached hydrogen (secondary N) is 1. The van der Waals surface area contributed by atoms with Crippen LogP contribution in [0.15, 0.2) is 23.0 Å². The lowest BCUT2D eigenvalue weighted by Gasteiger charge is -2.42. The lowest BCUT2D eigenvalue weighted by atomic mass is 9.95. The van der Waals surface area contributed by atoms with Crippen molar-refractivity contribution in [2.24, 2.45) is 0 Å². The predicted octanol–water partition coefficient (Wildman–Crippen LogP) is 3.65. The smallest absolute Gasteiger partial charge is 0.410 e. The van der Waals surface area contributed by atoms with Gasteiger partial charge in [0.2, 0.25) is 0 Å². The van der Waals surface area contributed by atoms with Gasteiger partial charge in [-0.25, -0.2) is 4.79 Å². The maximum atomic E-state index is 12.7. The molecule has 1 aromatic rings. The normalized spacial score (nSPS) is 22.4. The molecule has 1 aromatic heterocycles. The van der Waals surface area contributed by atoms with Gasteiger partial charge < -0.3 is 24.3 Å². The van der Waals surface area contributed by atoms with Crippen molar-refractivity contribution in [3.63, 3.8) is 0 Å². The van der Waals surface area contributed by atoms with Crippen LogP contribution in [0.1, 0.15) is 70.2 Å². The van der Waals surface area contributed by atoms with E-state index in [-0.39, 0.29) is 24.1 Å². The summed E-state index contributed by atoms with van der Waals surface area (Å²) in [6, 6.07) is 2.39. The molecule has 0 saturated carbocycles. The van der Waals surface area contributed by atoms with Crippen molar-refractivity contribution in [1.82, 2.24) is 15.1 Å². The Hall–Kier alpha value is -2.02. The zero-order valence-corrected chi connectivity index (χ0v) is 18.1. The number of hydrogen-bond acceptors (Lipinski definition) is 5. The Morgan fingerprint density at radius 1 is 1.17 bits per heavy atom. The summed E-state index contributed by atoms with van der Waals surface area (Å²) in [6.07, 6.45) is 7.79. The first-order chi connectivity index (χ1) is 13.7. The van der Waals surface area contributed by atoms with E-state index in [1.807, 2.05) is 30.6 Å². The number of hydrogen-bond donors (Lipinski definition) is 1. The van der Waals surface area contributed by atoms with Crippen LogP contribution in [-0.4, -0.2) is 65.2 Å². The van der Waals surface area contributed by atoms with Crippen molar-refractivity contribution >= 4 is 12.0 Å². The average Bonchev–Trinajstić information content (AvgIpc) is 3.21. The molecule has 2 aliphatic rings. The van der Waals surface area contributed by atoms with Crippen LogP contribution in [0.5, 0.6) is 0 Å². The van der Waals surface area contributed by atoms with Gasteiger partial charge in [-0.3, -0.25) is 4.79 Å². The molecule has 1 N–H and O–H groups in total. The maximum Gasteiger partial charge on any atom is 0.410 e. The predicted molar refractivity (Wildman–Crippen MR) is 111 cm³/mol. The second kappa shape index (κ2) is 9.20. The Labute approximate surface area is 173 Å². The summed E-state index contributed by atoms with van der Waals surface area (Å²) in [6.45, 7) is 10.1. The van der Waals surface area contributed by atoms with E-state index in [1.54, 1.807) is 6.07 Å². The van der Waals surface area contributed by atoms with Gasteiger partial charge in [-0.05, 0) is 65.9 Å². The molecular formula is C22H35N3O4.